The van der Waals surface area contributed by atoms with Crippen LogP contribution < -0.4 is 5.32 Å². The Morgan fingerprint density at radius 3 is 3.06 bits per heavy atom. The summed E-state index contributed by atoms with van der Waals surface area (Å²) in [5, 5.41) is 17.2. The van der Waals surface area contributed by atoms with Crippen LogP contribution in [-0.4, -0.2) is 26.6 Å². The molecule has 0 aliphatic carbocycles. The first-order valence-electron chi connectivity index (χ1n) is 4.86. The summed E-state index contributed by atoms with van der Waals surface area (Å²) in [4.78, 5) is 17.7. The number of rotatable bonds is 5. The van der Waals surface area contributed by atoms with Crippen LogP contribution in [0.15, 0.2) is 29.2 Å². The average Bonchev–Trinajstić information content (AvgIpc) is 2.82. The molecule has 0 aliphatic rings. The molecule has 0 spiro atoms. The molecule has 0 atom stereocenters. The molecular formula is C9H9N5O3. The summed E-state index contributed by atoms with van der Waals surface area (Å²) in [6, 6.07) is 3.23. The summed E-state index contributed by atoms with van der Waals surface area (Å²) in [6.45, 7) is 0.464. The van der Waals surface area contributed by atoms with Crippen LogP contribution in [0.3, 0.4) is 0 Å². The Balaban J connectivity index is 1.97. The molecule has 8 heteroatoms. The Hall–Kier alpha value is -2.51. The number of hydrogen-bond donors (Lipinski definition) is 1. The quantitative estimate of drug-likeness (QED) is 0.609. The van der Waals surface area contributed by atoms with E-state index in [0.29, 0.717) is 24.5 Å². The van der Waals surface area contributed by atoms with Crippen LogP contribution in [0.4, 0.5) is 11.5 Å². The number of nitrogens with one attached hydrogen (secondary N) is 1. The molecule has 2 rings (SSSR count). The van der Waals surface area contributed by atoms with Gasteiger partial charge in [0.2, 0.25) is 6.39 Å². The van der Waals surface area contributed by atoms with Gasteiger partial charge in [0.15, 0.2) is 5.82 Å². The maximum absolute atomic E-state index is 10.7. The SMILES string of the molecule is O=[N+]([O-])c1ncccc1NCCc1ncon1. The van der Waals surface area contributed by atoms with Gasteiger partial charge in [-0.15, -0.1) is 0 Å². The van der Waals surface area contributed by atoms with Crippen molar-refractivity contribution in [2.24, 2.45) is 0 Å². The average molecular weight is 235 g/mol. The van der Waals surface area contributed by atoms with Crippen molar-refractivity contribution in [3.8, 4) is 0 Å². The molecule has 0 fully saturated rings. The first-order valence-corrected chi connectivity index (χ1v) is 4.86. The van der Waals surface area contributed by atoms with Gasteiger partial charge in [-0.2, -0.15) is 4.98 Å². The molecule has 88 valence electrons. The maximum Gasteiger partial charge on any atom is 0.386 e. The highest BCUT2D eigenvalue weighted by molar-refractivity contribution is 5.56. The van der Waals surface area contributed by atoms with Crippen LogP contribution in [-0.2, 0) is 6.42 Å². The number of pyridine rings is 1. The molecule has 2 heterocycles. The van der Waals surface area contributed by atoms with E-state index in [9.17, 15) is 10.1 Å². The largest absolute Gasteiger partial charge is 0.386 e. The topological polar surface area (TPSA) is 107 Å². The van der Waals surface area contributed by atoms with Crippen molar-refractivity contribution < 1.29 is 9.45 Å². The fourth-order valence-electron chi connectivity index (χ4n) is 1.29. The maximum atomic E-state index is 10.7. The van der Waals surface area contributed by atoms with Crippen LogP contribution in [0.5, 0.6) is 0 Å². The first-order chi connectivity index (χ1) is 8.27. The Morgan fingerprint density at radius 1 is 1.47 bits per heavy atom. The van der Waals surface area contributed by atoms with Crippen molar-refractivity contribution in [1.82, 2.24) is 15.1 Å². The van der Waals surface area contributed by atoms with Crippen LogP contribution in [0.25, 0.3) is 0 Å². The van der Waals surface area contributed by atoms with E-state index in [0.717, 1.165) is 0 Å². The van der Waals surface area contributed by atoms with E-state index in [1.165, 1.54) is 12.6 Å². The highest BCUT2D eigenvalue weighted by atomic mass is 16.6. The van der Waals surface area contributed by atoms with Crippen molar-refractivity contribution >= 4 is 11.5 Å². The van der Waals surface area contributed by atoms with Crippen molar-refractivity contribution in [3.63, 3.8) is 0 Å². The minimum Gasteiger partial charge on any atom is -0.378 e. The van der Waals surface area contributed by atoms with Crippen molar-refractivity contribution in [3.05, 3.63) is 40.7 Å². The second-order valence-electron chi connectivity index (χ2n) is 3.16. The van der Waals surface area contributed by atoms with E-state index in [2.05, 4.69) is 25.0 Å². The van der Waals surface area contributed by atoms with Gasteiger partial charge >= 0.3 is 5.82 Å². The van der Waals surface area contributed by atoms with Gasteiger partial charge in [-0.05, 0) is 22.0 Å². The fourth-order valence-corrected chi connectivity index (χ4v) is 1.29. The van der Waals surface area contributed by atoms with Gasteiger partial charge in [-0.25, -0.2) is 0 Å². The molecule has 0 radical (unpaired) electrons. The van der Waals surface area contributed by atoms with Gasteiger partial charge in [0.25, 0.3) is 0 Å². The summed E-state index contributed by atoms with van der Waals surface area (Å²) in [5.74, 6) is 0.352. The molecule has 8 nitrogen and oxygen atoms in total. The number of anilines is 1. The molecule has 0 unspecified atom stereocenters. The highest BCUT2D eigenvalue weighted by Crippen LogP contribution is 2.19. The number of nitro groups is 1. The van der Waals surface area contributed by atoms with E-state index < -0.39 is 4.92 Å². The van der Waals surface area contributed by atoms with E-state index in [4.69, 9.17) is 0 Å². The third-order valence-corrected chi connectivity index (χ3v) is 2.03. The predicted molar refractivity (Wildman–Crippen MR) is 57.4 cm³/mol. The zero-order chi connectivity index (χ0) is 12.1. The van der Waals surface area contributed by atoms with Gasteiger partial charge in [-0.3, -0.25) is 0 Å². The third-order valence-electron chi connectivity index (χ3n) is 2.03. The van der Waals surface area contributed by atoms with Gasteiger partial charge in [-0.1, -0.05) is 5.16 Å². The molecule has 0 aromatic carbocycles. The van der Waals surface area contributed by atoms with Crippen molar-refractivity contribution in [2.45, 2.75) is 6.42 Å². The van der Waals surface area contributed by atoms with Crippen LogP contribution in [0.1, 0.15) is 5.82 Å². The molecule has 0 bridgehead atoms. The second kappa shape index (κ2) is 5.01. The standard InChI is InChI=1S/C9H9N5O3/c15-14(16)9-7(2-1-4-11-9)10-5-3-8-12-6-17-13-8/h1-2,4,6,10H,3,5H2. The zero-order valence-corrected chi connectivity index (χ0v) is 8.74. The molecule has 0 saturated heterocycles. The highest BCUT2D eigenvalue weighted by Gasteiger charge is 2.13. The normalized spacial score (nSPS) is 10.1. The zero-order valence-electron chi connectivity index (χ0n) is 8.74. The number of nitrogens with zero attached hydrogens (tertiary/aromatic N) is 4. The Kier molecular flexibility index (Phi) is 3.24. The monoisotopic (exact) mass is 235 g/mol. The summed E-state index contributed by atoms with van der Waals surface area (Å²) < 4.78 is 4.57. The lowest BCUT2D eigenvalue weighted by molar-refractivity contribution is -0.388. The summed E-state index contributed by atoms with van der Waals surface area (Å²) >= 11 is 0. The molecule has 2 aromatic rings. The van der Waals surface area contributed by atoms with Gasteiger partial charge in [0.05, 0.1) is 0 Å². The van der Waals surface area contributed by atoms with Gasteiger partial charge in [0.1, 0.15) is 11.9 Å². The molecule has 17 heavy (non-hydrogen) atoms. The molecule has 0 amide bonds. The van der Waals surface area contributed by atoms with Crippen molar-refractivity contribution in [2.75, 3.05) is 11.9 Å². The first kappa shape index (κ1) is 11.0. The Labute approximate surface area is 95.8 Å². The van der Waals surface area contributed by atoms with E-state index in [1.807, 2.05) is 0 Å². The third kappa shape index (κ3) is 2.74. The smallest absolute Gasteiger partial charge is 0.378 e. The second-order valence-corrected chi connectivity index (χ2v) is 3.16. The summed E-state index contributed by atoms with van der Waals surface area (Å²) in [5.41, 5.74) is 0.376. The van der Waals surface area contributed by atoms with Crippen LogP contribution >= 0.6 is 0 Å². The van der Waals surface area contributed by atoms with Gasteiger partial charge < -0.3 is 20.0 Å². The lowest BCUT2D eigenvalue weighted by atomic mass is 10.3. The molecule has 1 N–H and O–H groups in total. The minimum absolute atomic E-state index is 0.194. The molecule has 2 aromatic heterocycles. The summed E-state index contributed by atoms with van der Waals surface area (Å²) in [6.07, 6.45) is 3.13. The van der Waals surface area contributed by atoms with E-state index in [-0.39, 0.29) is 5.82 Å². The van der Waals surface area contributed by atoms with E-state index >= 15 is 0 Å². The molecule has 0 aliphatic heterocycles. The lowest BCUT2D eigenvalue weighted by Gasteiger charge is -2.04. The minimum atomic E-state index is -0.531. The Bertz CT molecular complexity index is 499. The molecular weight excluding hydrogens is 226 g/mol. The lowest BCUT2D eigenvalue weighted by Crippen LogP contribution is -2.08. The number of hydrogen-bond acceptors (Lipinski definition) is 7. The van der Waals surface area contributed by atoms with Gasteiger partial charge in [0, 0.05) is 13.0 Å². The fraction of sp³-hybridized carbons (Fsp3) is 0.222. The number of aromatic nitrogens is 3. The Morgan fingerprint density at radius 2 is 2.35 bits per heavy atom. The summed E-state index contributed by atoms with van der Waals surface area (Å²) in [7, 11) is 0. The van der Waals surface area contributed by atoms with Crippen molar-refractivity contribution in [1.29, 1.82) is 0 Å². The molecule has 0 saturated carbocycles. The predicted octanol–water partition coefficient (Wildman–Crippen LogP) is 1.03. The van der Waals surface area contributed by atoms with Crippen LogP contribution in [0.2, 0.25) is 0 Å². The van der Waals surface area contributed by atoms with Crippen LogP contribution in [0, 0.1) is 10.1 Å². The van der Waals surface area contributed by atoms with E-state index in [1.54, 1.807) is 12.1 Å².